The van der Waals surface area contributed by atoms with Gasteiger partial charge in [0, 0.05) is 20.9 Å². The number of aliphatic hydroxyl groups is 1. The van der Waals surface area contributed by atoms with Crippen molar-refractivity contribution in [2.24, 2.45) is 0 Å². The van der Waals surface area contributed by atoms with Crippen LogP contribution in [0.25, 0.3) is 27.7 Å². The van der Waals surface area contributed by atoms with E-state index in [1.807, 2.05) is 48.5 Å². The van der Waals surface area contributed by atoms with Gasteiger partial charge in [-0.15, -0.1) is 0 Å². The van der Waals surface area contributed by atoms with E-state index in [0.717, 1.165) is 26.6 Å². The van der Waals surface area contributed by atoms with Crippen molar-refractivity contribution in [3.63, 3.8) is 0 Å². The van der Waals surface area contributed by atoms with Crippen LogP contribution in [0.4, 0.5) is 0 Å². The normalized spacial score (nSPS) is 14.6. The van der Waals surface area contributed by atoms with E-state index in [1.165, 1.54) is 0 Å². The molecule has 0 fully saturated rings. The molecule has 4 rings (SSSR count). The number of hydrogen-bond acceptors (Lipinski definition) is 3. The number of nitrogens with one attached hydrogen (secondary N) is 1. The summed E-state index contributed by atoms with van der Waals surface area (Å²) >= 11 is 3.46. The van der Waals surface area contributed by atoms with Gasteiger partial charge in [-0.3, -0.25) is 0 Å². The van der Waals surface area contributed by atoms with Crippen LogP contribution in [0, 0.1) is 0 Å². The van der Waals surface area contributed by atoms with Gasteiger partial charge in [-0.1, -0.05) is 46.3 Å². The van der Waals surface area contributed by atoms with Gasteiger partial charge in [0.2, 0.25) is 0 Å². The molecular formula is C18H12BrNO3. The van der Waals surface area contributed by atoms with Gasteiger partial charge in [0.25, 0.3) is 0 Å². The Balaban J connectivity index is 2.09. The van der Waals surface area contributed by atoms with Crippen LogP contribution in [0.1, 0.15) is 5.56 Å². The number of aromatic nitrogens is 1. The van der Waals surface area contributed by atoms with Crippen LogP contribution in [0.15, 0.2) is 58.8 Å². The second-order valence-electron chi connectivity index (χ2n) is 5.33. The molecular weight excluding hydrogens is 358 g/mol. The van der Waals surface area contributed by atoms with E-state index < -0.39 is 5.97 Å². The highest BCUT2D eigenvalue weighted by atomic mass is 79.9. The Kier molecular flexibility index (Phi) is 3.23. The number of carbonyl (C=O) groups excluding carboxylic acids is 1. The Labute approximate surface area is 140 Å². The van der Waals surface area contributed by atoms with E-state index in [2.05, 4.69) is 20.9 Å². The van der Waals surface area contributed by atoms with Crippen molar-refractivity contribution in [3.05, 3.63) is 64.3 Å². The number of esters is 1. The number of carbonyl (C=O) groups is 1. The highest BCUT2D eigenvalue weighted by Gasteiger charge is 2.31. The SMILES string of the molecule is O=C1OCC(O)=C1c1c(-c2ccccc2)[nH]c2ccc(Br)cc12. The van der Waals surface area contributed by atoms with E-state index in [-0.39, 0.29) is 17.9 Å². The van der Waals surface area contributed by atoms with Crippen molar-refractivity contribution < 1.29 is 14.6 Å². The second-order valence-corrected chi connectivity index (χ2v) is 6.24. The molecule has 2 N–H and O–H groups in total. The number of benzene rings is 2. The zero-order chi connectivity index (χ0) is 16.0. The van der Waals surface area contributed by atoms with Gasteiger partial charge < -0.3 is 14.8 Å². The maximum absolute atomic E-state index is 12.1. The predicted octanol–water partition coefficient (Wildman–Crippen LogP) is 4.42. The summed E-state index contributed by atoms with van der Waals surface area (Å²) in [4.78, 5) is 15.5. The smallest absolute Gasteiger partial charge is 0.342 e. The highest BCUT2D eigenvalue weighted by molar-refractivity contribution is 9.10. The minimum Gasteiger partial charge on any atom is -0.508 e. The molecule has 3 aromatic rings. The second kappa shape index (κ2) is 5.28. The summed E-state index contributed by atoms with van der Waals surface area (Å²) in [7, 11) is 0. The first-order valence-corrected chi connectivity index (χ1v) is 7.90. The van der Waals surface area contributed by atoms with Gasteiger partial charge in [-0.25, -0.2) is 4.79 Å². The van der Waals surface area contributed by atoms with E-state index in [4.69, 9.17) is 4.74 Å². The molecule has 0 amide bonds. The summed E-state index contributed by atoms with van der Waals surface area (Å²) in [5.74, 6) is -0.534. The number of halogens is 1. The number of fused-ring (bicyclic) bond motifs is 1. The summed E-state index contributed by atoms with van der Waals surface area (Å²) in [5, 5.41) is 11.0. The molecule has 0 saturated carbocycles. The van der Waals surface area contributed by atoms with E-state index in [1.54, 1.807) is 0 Å². The molecule has 23 heavy (non-hydrogen) atoms. The molecule has 114 valence electrons. The van der Waals surface area contributed by atoms with Gasteiger partial charge in [-0.2, -0.15) is 0 Å². The highest BCUT2D eigenvalue weighted by Crippen LogP contribution is 2.39. The molecule has 0 unspecified atom stereocenters. The number of hydrogen-bond donors (Lipinski definition) is 2. The van der Waals surface area contributed by atoms with Crippen LogP contribution in [0.3, 0.4) is 0 Å². The zero-order valence-corrected chi connectivity index (χ0v) is 13.6. The van der Waals surface area contributed by atoms with E-state index in [0.29, 0.717) is 5.56 Å². The number of cyclic esters (lactones) is 1. The number of H-pyrrole nitrogens is 1. The molecule has 0 radical (unpaired) electrons. The number of aliphatic hydroxyl groups excluding tert-OH is 1. The van der Waals surface area contributed by atoms with Crippen LogP contribution in [-0.2, 0) is 9.53 Å². The third-order valence-electron chi connectivity index (χ3n) is 3.91. The minimum atomic E-state index is -0.499. The first-order chi connectivity index (χ1) is 11.1. The first-order valence-electron chi connectivity index (χ1n) is 7.11. The van der Waals surface area contributed by atoms with Crippen LogP contribution in [0.2, 0.25) is 0 Å². The topological polar surface area (TPSA) is 62.3 Å². The van der Waals surface area contributed by atoms with Crippen molar-refractivity contribution in [1.82, 2.24) is 4.98 Å². The van der Waals surface area contributed by atoms with Crippen LogP contribution >= 0.6 is 15.9 Å². The quantitative estimate of drug-likeness (QED) is 0.657. The van der Waals surface area contributed by atoms with Gasteiger partial charge in [0.15, 0.2) is 0 Å². The summed E-state index contributed by atoms with van der Waals surface area (Å²) in [6.45, 7) is -0.0803. The lowest BCUT2D eigenvalue weighted by Gasteiger charge is -2.05. The van der Waals surface area contributed by atoms with Crippen molar-refractivity contribution in [2.45, 2.75) is 0 Å². The Hall–Kier alpha value is -2.53. The zero-order valence-electron chi connectivity index (χ0n) is 12.0. The van der Waals surface area contributed by atoms with Gasteiger partial charge in [0.1, 0.15) is 17.9 Å². The van der Waals surface area contributed by atoms with Crippen LogP contribution < -0.4 is 0 Å². The lowest BCUT2D eigenvalue weighted by atomic mass is 9.98. The monoisotopic (exact) mass is 369 g/mol. The Morgan fingerprint density at radius 2 is 1.91 bits per heavy atom. The van der Waals surface area contributed by atoms with Crippen LogP contribution in [0.5, 0.6) is 0 Å². The van der Waals surface area contributed by atoms with Crippen molar-refractivity contribution in [3.8, 4) is 11.3 Å². The molecule has 0 saturated heterocycles. The minimum absolute atomic E-state index is 0.0342. The third-order valence-corrected chi connectivity index (χ3v) is 4.40. The molecule has 0 spiro atoms. The lowest BCUT2D eigenvalue weighted by molar-refractivity contribution is -0.134. The fourth-order valence-corrected chi connectivity index (χ4v) is 3.25. The third kappa shape index (κ3) is 2.24. The maximum atomic E-state index is 12.1. The average Bonchev–Trinajstić information content (AvgIpc) is 3.08. The molecule has 0 atom stereocenters. The van der Waals surface area contributed by atoms with Gasteiger partial charge >= 0.3 is 5.97 Å². The van der Waals surface area contributed by atoms with Crippen molar-refractivity contribution >= 4 is 38.4 Å². The Morgan fingerprint density at radius 3 is 2.61 bits per heavy atom. The number of ether oxygens (including phenoxy) is 1. The average molecular weight is 370 g/mol. The van der Waals surface area contributed by atoms with Gasteiger partial charge in [0.05, 0.1) is 5.69 Å². The van der Waals surface area contributed by atoms with Gasteiger partial charge in [-0.05, 0) is 23.8 Å². The summed E-state index contributed by atoms with van der Waals surface area (Å²) < 4.78 is 5.88. The number of rotatable bonds is 2. The molecule has 1 aliphatic rings. The van der Waals surface area contributed by atoms with E-state index in [9.17, 15) is 9.90 Å². The molecule has 0 bridgehead atoms. The Morgan fingerprint density at radius 1 is 1.13 bits per heavy atom. The largest absolute Gasteiger partial charge is 0.508 e. The fraction of sp³-hybridized carbons (Fsp3) is 0.0556. The standard InChI is InChI=1S/C18H12BrNO3/c19-11-6-7-13-12(8-11)15(16-14(21)9-23-18(16)22)17(20-13)10-4-2-1-3-5-10/h1-8,20-21H,9H2. The van der Waals surface area contributed by atoms with Crippen molar-refractivity contribution in [2.75, 3.05) is 6.61 Å². The molecule has 2 aromatic carbocycles. The first kappa shape index (κ1) is 14.1. The lowest BCUT2D eigenvalue weighted by Crippen LogP contribution is -1.99. The number of aromatic amines is 1. The molecule has 1 aromatic heterocycles. The fourth-order valence-electron chi connectivity index (χ4n) is 2.89. The molecule has 4 nitrogen and oxygen atoms in total. The van der Waals surface area contributed by atoms with Crippen LogP contribution in [-0.4, -0.2) is 22.7 Å². The maximum Gasteiger partial charge on any atom is 0.342 e. The summed E-state index contributed by atoms with van der Waals surface area (Å²) in [5.41, 5.74) is 3.52. The summed E-state index contributed by atoms with van der Waals surface area (Å²) in [6, 6.07) is 15.5. The molecule has 1 aliphatic heterocycles. The predicted molar refractivity (Wildman–Crippen MR) is 91.9 cm³/mol. The molecule has 0 aliphatic carbocycles. The molecule has 5 heteroatoms. The Bertz CT molecular complexity index is 957. The summed E-state index contributed by atoms with van der Waals surface area (Å²) in [6.07, 6.45) is 0. The molecule has 2 heterocycles. The van der Waals surface area contributed by atoms with Crippen molar-refractivity contribution in [1.29, 1.82) is 0 Å². The van der Waals surface area contributed by atoms with E-state index >= 15 is 0 Å².